The average Bonchev–Trinajstić information content (AvgIpc) is 2.81. The van der Waals surface area contributed by atoms with Gasteiger partial charge in [-0.25, -0.2) is 4.98 Å². The van der Waals surface area contributed by atoms with Crippen molar-refractivity contribution in [3.63, 3.8) is 0 Å². The fraction of sp³-hybridized carbons (Fsp3) is 0.750. The lowest BCUT2D eigenvalue weighted by atomic mass is 10.0. The highest BCUT2D eigenvalue weighted by atomic mass is 16.5. The molecule has 22 heavy (non-hydrogen) atoms. The zero-order valence-electron chi connectivity index (χ0n) is 13.3. The third-order valence-electron chi connectivity index (χ3n) is 4.51. The molecule has 1 atom stereocenters. The van der Waals surface area contributed by atoms with E-state index < -0.39 is 0 Å². The Kier molecular flexibility index (Phi) is 5.58. The average molecular weight is 306 g/mol. The first kappa shape index (κ1) is 15.6. The number of hydrogen-bond acceptors (Lipinski definition) is 6. The minimum Gasteiger partial charge on any atom is -0.381 e. The Labute approximate surface area is 132 Å². The van der Waals surface area contributed by atoms with Gasteiger partial charge in [0.15, 0.2) is 0 Å². The molecule has 0 saturated carbocycles. The zero-order chi connectivity index (χ0) is 15.2. The molecular weight excluding hydrogens is 280 g/mol. The standard InChI is InChI=1S/C16H26N4O2/c1-17-16-10-18-9-14(19-16)8-13-11-20(4-7-22-12-13)15-2-5-21-6-3-15/h9-10,13,15H,2-8,11-12H2,1H3,(H,17,19)/t13-/m0/s1. The minimum atomic E-state index is 0.478. The molecule has 2 fully saturated rings. The minimum absolute atomic E-state index is 0.478. The van der Waals surface area contributed by atoms with Gasteiger partial charge < -0.3 is 14.8 Å². The van der Waals surface area contributed by atoms with E-state index in [4.69, 9.17) is 9.47 Å². The van der Waals surface area contributed by atoms with Crippen molar-refractivity contribution in [2.75, 3.05) is 51.9 Å². The summed E-state index contributed by atoms with van der Waals surface area (Å²) in [6, 6.07) is 0.646. The number of hydrogen-bond donors (Lipinski definition) is 1. The molecule has 0 radical (unpaired) electrons. The Hall–Kier alpha value is -1.24. The van der Waals surface area contributed by atoms with E-state index >= 15 is 0 Å². The van der Waals surface area contributed by atoms with Crippen molar-refractivity contribution in [2.45, 2.75) is 25.3 Å². The Morgan fingerprint density at radius 1 is 1.23 bits per heavy atom. The van der Waals surface area contributed by atoms with Crippen LogP contribution in [0.1, 0.15) is 18.5 Å². The molecule has 0 aliphatic carbocycles. The highest BCUT2D eigenvalue weighted by Crippen LogP contribution is 2.20. The summed E-state index contributed by atoms with van der Waals surface area (Å²) in [5.74, 6) is 1.31. The highest BCUT2D eigenvalue weighted by Gasteiger charge is 2.26. The van der Waals surface area contributed by atoms with Crippen LogP contribution in [0, 0.1) is 5.92 Å². The van der Waals surface area contributed by atoms with Gasteiger partial charge in [0.25, 0.3) is 0 Å². The van der Waals surface area contributed by atoms with Gasteiger partial charge in [-0.1, -0.05) is 0 Å². The van der Waals surface area contributed by atoms with E-state index in [1.165, 1.54) is 0 Å². The summed E-state index contributed by atoms with van der Waals surface area (Å²) in [5.41, 5.74) is 1.04. The lowest BCUT2D eigenvalue weighted by Crippen LogP contribution is -2.42. The summed E-state index contributed by atoms with van der Waals surface area (Å²) in [7, 11) is 1.87. The molecule has 0 amide bonds. The Bertz CT molecular complexity index is 465. The molecule has 122 valence electrons. The SMILES string of the molecule is CNc1cncc(C[C@@H]2COCCN(C3CCOCC3)C2)n1. The van der Waals surface area contributed by atoms with E-state index in [2.05, 4.69) is 20.2 Å². The molecule has 3 rings (SSSR count). The van der Waals surface area contributed by atoms with Crippen molar-refractivity contribution in [1.82, 2.24) is 14.9 Å². The van der Waals surface area contributed by atoms with Crippen molar-refractivity contribution in [1.29, 1.82) is 0 Å². The second-order valence-electron chi connectivity index (χ2n) is 6.13. The van der Waals surface area contributed by atoms with Crippen LogP contribution in [-0.4, -0.2) is 67.5 Å². The second kappa shape index (κ2) is 7.85. The van der Waals surface area contributed by atoms with Gasteiger partial charge in [0.1, 0.15) is 5.82 Å². The first-order valence-corrected chi connectivity index (χ1v) is 8.23. The molecule has 0 spiro atoms. The van der Waals surface area contributed by atoms with Gasteiger partial charge >= 0.3 is 0 Å². The lowest BCUT2D eigenvalue weighted by molar-refractivity contribution is 0.0308. The summed E-state index contributed by atoms with van der Waals surface area (Å²) in [5, 5.41) is 3.05. The maximum Gasteiger partial charge on any atom is 0.144 e. The largest absolute Gasteiger partial charge is 0.381 e. The first-order valence-electron chi connectivity index (χ1n) is 8.23. The van der Waals surface area contributed by atoms with Crippen LogP contribution in [-0.2, 0) is 15.9 Å². The molecule has 3 heterocycles. The first-order chi connectivity index (χ1) is 10.8. The normalized spacial score (nSPS) is 24.9. The van der Waals surface area contributed by atoms with Crippen LogP contribution in [0.2, 0.25) is 0 Å². The molecule has 0 bridgehead atoms. The molecule has 6 heteroatoms. The van der Waals surface area contributed by atoms with Crippen LogP contribution in [0.3, 0.4) is 0 Å². The summed E-state index contributed by atoms with van der Waals surface area (Å²) in [6.07, 6.45) is 6.82. The number of nitrogens with zero attached hydrogens (tertiary/aromatic N) is 3. The summed E-state index contributed by atoms with van der Waals surface area (Å²) in [4.78, 5) is 11.4. The van der Waals surface area contributed by atoms with E-state index in [-0.39, 0.29) is 0 Å². The van der Waals surface area contributed by atoms with E-state index in [1.54, 1.807) is 6.20 Å². The van der Waals surface area contributed by atoms with Gasteiger partial charge in [-0.2, -0.15) is 0 Å². The van der Waals surface area contributed by atoms with Crippen molar-refractivity contribution in [3.8, 4) is 0 Å². The van der Waals surface area contributed by atoms with Crippen molar-refractivity contribution in [3.05, 3.63) is 18.1 Å². The molecule has 0 unspecified atom stereocenters. The fourth-order valence-electron chi connectivity index (χ4n) is 3.33. The van der Waals surface area contributed by atoms with Crippen LogP contribution in [0.4, 0.5) is 5.82 Å². The summed E-state index contributed by atoms with van der Waals surface area (Å²) < 4.78 is 11.3. The maximum absolute atomic E-state index is 5.82. The molecule has 2 aliphatic heterocycles. The molecule has 1 aromatic rings. The summed E-state index contributed by atoms with van der Waals surface area (Å²) in [6.45, 7) is 5.53. The van der Waals surface area contributed by atoms with Crippen LogP contribution >= 0.6 is 0 Å². The third-order valence-corrected chi connectivity index (χ3v) is 4.51. The number of nitrogens with one attached hydrogen (secondary N) is 1. The fourth-order valence-corrected chi connectivity index (χ4v) is 3.33. The molecular formula is C16H26N4O2. The van der Waals surface area contributed by atoms with Crippen molar-refractivity contribution in [2.24, 2.45) is 5.92 Å². The maximum atomic E-state index is 5.82. The Balaban J connectivity index is 1.61. The predicted octanol–water partition coefficient (Wildman–Crippen LogP) is 1.19. The van der Waals surface area contributed by atoms with Gasteiger partial charge in [-0.3, -0.25) is 9.88 Å². The lowest BCUT2D eigenvalue weighted by Gasteiger charge is -2.34. The van der Waals surface area contributed by atoms with E-state index in [0.29, 0.717) is 12.0 Å². The topological polar surface area (TPSA) is 59.5 Å². The number of rotatable bonds is 4. The Morgan fingerprint density at radius 2 is 2.09 bits per heavy atom. The number of aromatic nitrogens is 2. The third kappa shape index (κ3) is 4.15. The van der Waals surface area contributed by atoms with Gasteiger partial charge in [0, 0.05) is 51.5 Å². The smallest absolute Gasteiger partial charge is 0.144 e. The van der Waals surface area contributed by atoms with Gasteiger partial charge in [-0.15, -0.1) is 0 Å². The van der Waals surface area contributed by atoms with Gasteiger partial charge in [0.2, 0.25) is 0 Å². The monoisotopic (exact) mass is 306 g/mol. The van der Waals surface area contributed by atoms with E-state index in [0.717, 1.165) is 70.3 Å². The van der Waals surface area contributed by atoms with Crippen LogP contribution in [0.25, 0.3) is 0 Å². The Morgan fingerprint density at radius 3 is 2.91 bits per heavy atom. The molecule has 6 nitrogen and oxygen atoms in total. The zero-order valence-corrected chi connectivity index (χ0v) is 13.3. The summed E-state index contributed by atoms with van der Waals surface area (Å²) >= 11 is 0. The quantitative estimate of drug-likeness (QED) is 0.902. The highest BCUT2D eigenvalue weighted by molar-refractivity contribution is 5.30. The number of ether oxygens (including phenoxy) is 2. The molecule has 1 N–H and O–H groups in total. The van der Waals surface area contributed by atoms with Gasteiger partial charge in [-0.05, 0) is 19.3 Å². The molecule has 0 aromatic carbocycles. The van der Waals surface area contributed by atoms with Crippen molar-refractivity contribution < 1.29 is 9.47 Å². The van der Waals surface area contributed by atoms with Gasteiger partial charge in [0.05, 0.1) is 25.1 Å². The van der Waals surface area contributed by atoms with E-state index in [9.17, 15) is 0 Å². The van der Waals surface area contributed by atoms with Crippen LogP contribution < -0.4 is 5.32 Å². The second-order valence-corrected chi connectivity index (χ2v) is 6.13. The number of anilines is 1. The molecule has 2 aliphatic rings. The van der Waals surface area contributed by atoms with Crippen LogP contribution in [0.15, 0.2) is 12.4 Å². The molecule has 2 saturated heterocycles. The van der Waals surface area contributed by atoms with E-state index in [1.807, 2.05) is 13.2 Å². The van der Waals surface area contributed by atoms with Crippen LogP contribution in [0.5, 0.6) is 0 Å². The predicted molar refractivity (Wildman–Crippen MR) is 85.0 cm³/mol. The van der Waals surface area contributed by atoms with Crippen molar-refractivity contribution >= 4 is 5.82 Å². The molecule has 1 aromatic heterocycles.